The maximum absolute atomic E-state index is 12.6. The number of carbonyl (C=O) groups is 1. The second kappa shape index (κ2) is 7.72. The van der Waals surface area contributed by atoms with Crippen LogP contribution in [-0.4, -0.2) is 36.7 Å². The van der Waals surface area contributed by atoms with Gasteiger partial charge in [0.1, 0.15) is 5.60 Å². The normalized spacial score (nSPS) is 16.6. The number of carbonyl (C=O) groups excluding carboxylic acids is 1. The third kappa shape index (κ3) is 3.92. The minimum Gasteiger partial charge on any atom is -0.368 e. The zero-order valence-electron chi connectivity index (χ0n) is 13.0. The van der Waals surface area contributed by atoms with Gasteiger partial charge in [-0.2, -0.15) is 0 Å². The Morgan fingerprint density at radius 2 is 2.13 bits per heavy atom. The van der Waals surface area contributed by atoms with Gasteiger partial charge in [-0.15, -0.1) is 35.1 Å². The first-order chi connectivity index (χ1) is 10.6. The smallest absolute Gasteiger partial charge is 0.258 e. The van der Waals surface area contributed by atoms with E-state index in [4.69, 9.17) is 4.74 Å². The molecule has 0 unspecified atom stereocenters. The van der Waals surface area contributed by atoms with Gasteiger partial charge < -0.3 is 10.1 Å². The maximum Gasteiger partial charge on any atom is 0.258 e. The lowest BCUT2D eigenvalue weighted by molar-refractivity contribution is -0.140. The van der Waals surface area contributed by atoms with E-state index in [2.05, 4.69) is 34.7 Å². The Kier molecular flexibility index (Phi) is 6.16. The fourth-order valence-electron chi connectivity index (χ4n) is 2.58. The number of hydrogen-bond acceptors (Lipinski definition) is 6. The monoisotopic (exact) mass is 373 g/mol. The van der Waals surface area contributed by atoms with Crippen molar-refractivity contribution in [1.29, 1.82) is 0 Å². The number of amides is 1. The molecule has 0 aliphatic carbocycles. The Morgan fingerprint density at radius 1 is 1.39 bits per heavy atom. The van der Waals surface area contributed by atoms with Crippen molar-refractivity contribution in [3.8, 4) is 10.6 Å². The minimum absolute atomic E-state index is 0. The predicted octanol–water partition coefficient (Wildman–Crippen LogP) is 3.31. The molecule has 1 fully saturated rings. The highest BCUT2D eigenvalue weighted by Gasteiger charge is 2.40. The van der Waals surface area contributed by atoms with E-state index in [0.29, 0.717) is 18.0 Å². The molecule has 1 aliphatic rings. The summed E-state index contributed by atoms with van der Waals surface area (Å²) in [5.74, 6) is -0.0974. The third-order valence-corrected chi connectivity index (χ3v) is 5.71. The lowest BCUT2D eigenvalue weighted by atomic mass is 9.91. The number of piperidine rings is 1. The number of hydrogen-bond donors (Lipinski definition) is 2. The van der Waals surface area contributed by atoms with Gasteiger partial charge >= 0.3 is 0 Å². The highest BCUT2D eigenvalue weighted by molar-refractivity contribution is 7.17. The molecule has 1 amide bonds. The van der Waals surface area contributed by atoms with Crippen LogP contribution in [-0.2, 0) is 9.53 Å². The first-order valence-electron chi connectivity index (χ1n) is 7.23. The Labute approximate surface area is 149 Å². The summed E-state index contributed by atoms with van der Waals surface area (Å²) in [7, 11) is 1.60. The van der Waals surface area contributed by atoms with Crippen molar-refractivity contribution < 1.29 is 9.53 Å². The van der Waals surface area contributed by atoms with Gasteiger partial charge in [0.15, 0.2) is 5.13 Å². The number of aryl methyl sites for hydroxylation is 1. The molecule has 23 heavy (non-hydrogen) atoms. The van der Waals surface area contributed by atoms with Crippen LogP contribution in [0.2, 0.25) is 0 Å². The lowest BCUT2D eigenvalue weighted by Gasteiger charge is -2.34. The van der Waals surface area contributed by atoms with Crippen molar-refractivity contribution in [2.24, 2.45) is 0 Å². The molecule has 1 aliphatic heterocycles. The van der Waals surface area contributed by atoms with Crippen molar-refractivity contribution in [3.63, 3.8) is 0 Å². The van der Waals surface area contributed by atoms with E-state index in [9.17, 15) is 4.79 Å². The average molecular weight is 374 g/mol. The third-order valence-electron chi connectivity index (χ3n) is 3.93. The number of nitrogens with zero attached hydrogens (tertiary/aromatic N) is 1. The Balaban J connectivity index is 0.00000192. The summed E-state index contributed by atoms with van der Waals surface area (Å²) in [5.41, 5.74) is 0.173. The maximum atomic E-state index is 12.6. The second-order valence-electron chi connectivity index (χ2n) is 5.35. The fourth-order valence-corrected chi connectivity index (χ4v) is 4.19. The molecule has 8 heteroatoms. The zero-order valence-corrected chi connectivity index (χ0v) is 15.5. The molecule has 3 heterocycles. The van der Waals surface area contributed by atoms with Gasteiger partial charge in [-0.25, -0.2) is 4.98 Å². The molecule has 126 valence electrons. The average Bonchev–Trinajstić information content (AvgIpc) is 3.17. The molecule has 0 saturated carbocycles. The fraction of sp³-hybridized carbons (Fsp3) is 0.467. The Bertz CT molecular complexity index is 665. The molecule has 0 bridgehead atoms. The molecule has 2 N–H and O–H groups in total. The van der Waals surface area contributed by atoms with Crippen LogP contribution in [0.5, 0.6) is 0 Å². The molecule has 0 aromatic carbocycles. The molecule has 0 spiro atoms. The van der Waals surface area contributed by atoms with Gasteiger partial charge in [-0.3, -0.25) is 10.1 Å². The number of halogens is 1. The van der Waals surface area contributed by atoms with Gasteiger partial charge in [-0.05, 0) is 45.0 Å². The summed E-state index contributed by atoms with van der Waals surface area (Å²) in [6.07, 6.45) is 1.36. The SMILES string of the molecule is COC1(C(=O)Nc2nc(-c3ccc(C)s3)cs2)CCNCC1.Cl. The molecule has 0 atom stereocenters. The van der Waals surface area contributed by atoms with Crippen LogP contribution in [0.25, 0.3) is 10.6 Å². The number of nitrogens with one attached hydrogen (secondary N) is 2. The van der Waals surface area contributed by atoms with Crippen molar-refractivity contribution in [2.45, 2.75) is 25.4 Å². The van der Waals surface area contributed by atoms with Crippen LogP contribution >= 0.6 is 35.1 Å². The number of thiophene rings is 1. The number of aromatic nitrogens is 1. The number of ether oxygens (including phenoxy) is 1. The first kappa shape index (κ1) is 18.4. The lowest BCUT2D eigenvalue weighted by Crippen LogP contribution is -2.51. The molecule has 0 radical (unpaired) electrons. The molecule has 1 saturated heterocycles. The summed E-state index contributed by atoms with van der Waals surface area (Å²) in [4.78, 5) is 19.5. The van der Waals surface area contributed by atoms with Crippen molar-refractivity contribution in [2.75, 3.05) is 25.5 Å². The zero-order chi connectivity index (χ0) is 15.6. The van der Waals surface area contributed by atoms with Crippen molar-refractivity contribution in [1.82, 2.24) is 10.3 Å². The Morgan fingerprint density at radius 3 is 2.74 bits per heavy atom. The molecule has 5 nitrogen and oxygen atoms in total. The van der Waals surface area contributed by atoms with E-state index in [1.165, 1.54) is 16.2 Å². The predicted molar refractivity (Wildman–Crippen MR) is 97.9 cm³/mol. The quantitative estimate of drug-likeness (QED) is 0.863. The van der Waals surface area contributed by atoms with Crippen LogP contribution < -0.4 is 10.6 Å². The van der Waals surface area contributed by atoms with Crippen molar-refractivity contribution >= 4 is 46.1 Å². The summed E-state index contributed by atoms with van der Waals surface area (Å²) in [5, 5.41) is 8.77. The van der Waals surface area contributed by atoms with Crippen LogP contribution in [0, 0.1) is 6.92 Å². The largest absolute Gasteiger partial charge is 0.368 e. The second-order valence-corrected chi connectivity index (χ2v) is 7.50. The van der Waals surface area contributed by atoms with Gasteiger partial charge in [0, 0.05) is 17.4 Å². The van der Waals surface area contributed by atoms with Gasteiger partial charge in [0.2, 0.25) is 0 Å². The van der Waals surface area contributed by atoms with E-state index in [1.807, 2.05) is 5.38 Å². The van der Waals surface area contributed by atoms with Crippen LogP contribution in [0.1, 0.15) is 17.7 Å². The molecule has 2 aromatic heterocycles. The van der Waals surface area contributed by atoms with E-state index < -0.39 is 5.60 Å². The minimum atomic E-state index is -0.739. The summed E-state index contributed by atoms with van der Waals surface area (Å²) in [6.45, 7) is 3.65. The molecule has 3 rings (SSSR count). The van der Waals surface area contributed by atoms with E-state index in [-0.39, 0.29) is 18.3 Å². The number of rotatable bonds is 4. The summed E-state index contributed by atoms with van der Waals surface area (Å²) >= 11 is 3.15. The van der Waals surface area contributed by atoms with Crippen LogP contribution in [0.3, 0.4) is 0 Å². The molecular weight excluding hydrogens is 354 g/mol. The van der Waals surface area contributed by atoms with Crippen LogP contribution in [0.15, 0.2) is 17.5 Å². The highest BCUT2D eigenvalue weighted by atomic mass is 35.5. The van der Waals surface area contributed by atoms with E-state index in [1.54, 1.807) is 18.4 Å². The number of methoxy groups -OCH3 is 1. The van der Waals surface area contributed by atoms with Gasteiger partial charge in [0.25, 0.3) is 5.91 Å². The highest BCUT2D eigenvalue weighted by Crippen LogP contribution is 2.31. The van der Waals surface area contributed by atoms with E-state index >= 15 is 0 Å². The number of anilines is 1. The molecular formula is C15H20ClN3O2S2. The first-order valence-corrected chi connectivity index (χ1v) is 8.92. The van der Waals surface area contributed by atoms with Crippen molar-refractivity contribution in [3.05, 3.63) is 22.4 Å². The van der Waals surface area contributed by atoms with Gasteiger partial charge in [-0.1, -0.05) is 0 Å². The van der Waals surface area contributed by atoms with E-state index in [0.717, 1.165) is 23.7 Å². The Hall–Kier alpha value is -0.990. The number of thiazole rings is 1. The summed E-state index contributed by atoms with van der Waals surface area (Å²) in [6, 6.07) is 4.14. The van der Waals surface area contributed by atoms with Gasteiger partial charge in [0.05, 0.1) is 10.6 Å². The standard InChI is InChI=1S/C15H19N3O2S2.ClH/c1-10-3-4-12(22-10)11-9-21-14(17-11)18-13(19)15(20-2)5-7-16-8-6-15;/h3-4,9,16H,5-8H2,1-2H3,(H,17,18,19);1H. The molecule has 2 aromatic rings. The van der Waals surface area contributed by atoms with Crippen LogP contribution in [0.4, 0.5) is 5.13 Å². The summed E-state index contributed by atoms with van der Waals surface area (Å²) < 4.78 is 5.53. The topological polar surface area (TPSA) is 63.2 Å².